The molecule has 1 fully saturated rings. The van der Waals surface area contributed by atoms with Crippen LogP contribution in [0.2, 0.25) is 5.02 Å². The van der Waals surface area contributed by atoms with Gasteiger partial charge in [0.1, 0.15) is 0 Å². The SMILES string of the molecule is CN=C(NCc1nc(-c2ccc(Cl)cc2)no1)N1CCC(COCc2ccccc2)C1. The van der Waals surface area contributed by atoms with Crippen LogP contribution in [0.3, 0.4) is 0 Å². The van der Waals surface area contributed by atoms with Crippen molar-refractivity contribution >= 4 is 17.6 Å². The summed E-state index contributed by atoms with van der Waals surface area (Å²) in [6, 6.07) is 17.6. The molecule has 0 saturated carbocycles. The number of halogens is 1. The van der Waals surface area contributed by atoms with E-state index in [0.29, 0.717) is 35.8 Å². The summed E-state index contributed by atoms with van der Waals surface area (Å²) in [7, 11) is 1.79. The number of likely N-dealkylation sites (tertiary alicyclic amines) is 1. The average Bonchev–Trinajstić information content (AvgIpc) is 3.46. The highest BCUT2D eigenvalue weighted by molar-refractivity contribution is 6.30. The number of rotatable bonds is 7. The molecule has 1 aromatic heterocycles. The predicted molar refractivity (Wildman–Crippen MR) is 121 cm³/mol. The molecule has 8 heteroatoms. The standard InChI is InChI=1S/C23H26ClN5O2/c1-25-23(26-13-21-27-22(28-31-21)19-7-9-20(24)10-8-19)29-12-11-18(14-29)16-30-15-17-5-3-2-4-6-17/h2-10,18H,11-16H2,1H3,(H,25,26). The monoisotopic (exact) mass is 439 g/mol. The fourth-order valence-electron chi connectivity index (χ4n) is 3.61. The molecule has 0 bridgehead atoms. The van der Waals surface area contributed by atoms with Crippen LogP contribution in [0, 0.1) is 5.92 Å². The highest BCUT2D eigenvalue weighted by Crippen LogP contribution is 2.19. The molecule has 1 aliphatic rings. The van der Waals surface area contributed by atoms with Crippen LogP contribution in [0.25, 0.3) is 11.4 Å². The van der Waals surface area contributed by atoms with Gasteiger partial charge in [0.25, 0.3) is 0 Å². The Balaban J connectivity index is 1.24. The molecule has 0 aliphatic carbocycles. The predicted octanol–water partition coefficient (Wildman–Crippen LogP) is 4.00. The molecule has 1 atom stereocenters. The normalized spacial score (nSPS) is 16.6. The van der Waals surface area contributed by atoms with Gasteiger partial charge >= 0.3 is 0 Å². The van der Waals surface area contributed by atoms with Gasteiger partial charge in [-0.05, 0) is 36.2 Å². The van der Waals surface area contributed by atoms with E-state index in [1.165, 1.54) is 5.56 Å². The largest absolute Gasteiger partial charge is 0.376 e. The Morgan fingerprint density at radius 1 is 1.23 bits per heavy atom. The van der Waals surface area contributed by atoms with E-state index >= 15 is 0 Å². The number of benzene rings is 2. The number of ether oxygens (including phenoxy) is 1. The van der Waals surface area contributed by atoms with Gasteiger partial charge in [-0.3, -0.25) is 4.99 Å². The topological polar surface area (TPSA) is 75.8 Å². The van der Waals surface area contributed by atoms with E-state index in [2.05, 4.69) is 37.5 Å². The molecule has 3 aromatic rings. The fraction of sp³-hybridized carbons (Fsp3) is 0.348. The molecule has 31 heavy (non-hydrogen) atoms. The number of nitrogens with one attached hydrogen (secondary N) is 1. The Morgan fingerprint density at radius 2 is 2.03 bits per heavy atom. The van der Waals surface area contributed by atoms with E-state index in [0.717, 1.165) is 37.6 Å². The first-order valence-electron chi connectivity index (χ1n) is 10.4. The van der Waals surface area contributed by atoms with Gasteiger partial charge in [-0.1, -0.05) is 47.1 Å². The first kappa shape index (κ1) is 21.3. The fourth-order valence-corrected chi connectivity index (χ4v) is 3.73. The molecule has 2 heterocycles. The molecular formula is C23H26ClN5O2. The Morgan fingerprint density at radius 3 is 2.81 bits per heavy atom. The summed E-state index contributed by atoms with van der Waals surface area (Å²) in [5.41, 5.74) is 2.06. The Hall–Kier alpha value is -2.90. The van der Waals surface area contributed by atoms with E-state index in [1.54, 1.807) is 19.2 Å². The third kappa shape index (κ3) is 5.83. The summed E-state index contributed by atoms with van der Waals surface area (Å²) in [5.74, 6) is 2.37. The molecular weight excluding hydrogens is 414 g/mol. The Labute approximate surface area is 187 Å². The number of guanidine groups is 1. The van der Waals surface area contributed by atoms with Gasteiger partial charge in [0, 0.05) is 36.6 Å². The summed E-state index contributed by atoms with van der Waals surface area (Å²) in [4.78, 5) is 11.1. The van der Waals surface area contributed by atoms with Crippen LogP contribution >= 0.6 is 11.6 Å². The zero-order chi connectivity index (χ0) is 21.5. The molecule has 162 valence electrons. The summed E-state index contributed by atoms with van der Waals surface area (Å²) >= 11 is 5.93. The number of aliphatic imine (C=N–C) groups is 1. The van der Waals surface area contributed by atoms with E-state index < -0.39 is 0 Å². The molecule has 0 spiro atoms. The van der Waals surface area contributed by atoms with E-state index in [4.69, 9.17) is 20.9 Å². The summed E-state index contributed by atoms with van der Waals surface area (Å²) in [6.07, 6.45) is 1.08. The highest BCUT2D eigenvalue weighted by Gasteiger charge is 2.25. The van der Waals surface area contributed by atoms with Gasteiger partial charge in [0.2, 0.25) is 11.7 Å². The van der Waals surface area contributed by atoms with Crippen LogP contribution in [-0.4, -0.2) is 47.7 Å². The van der Waals surface area contributed by atoms with Crippen molar-refractivity contribution in [3.05, 3.63) is 71.1 Å². The molecule has 2 aromatic carbocycles. The molecule has 7 nitrogen and oxygen atoms in total. The van der Waals surface area contributed by atoms with E-state index in [9.17, 15) is 0 Å². The van der Waals surface area contributed by atoms with E-state index in [1.807, 2.05) is 30.3 Å². The van der Waals surface area contributed by atoms with Gasteiger partial charge in [-0.15, -0.1) is 0 Å². The average molecular weight is 440 g/mol. The highest BCUT2D eigenvalue weighted by atomic mass is 35.5. The third-order valence-electron chi connectivity index (χ3n) is 5.23. The molecule has 1 N–H and O–H groups in total. The molecule has 0 amide bonds. The number of nitrogens with zero attached hydrogens (tertiary/aromatic N) is 4. The van der Waals surface area contributed by atoms with Crippen molar-refractivity contribution in [2.75, 3.05) is 26.7 Å². The molecule has 1 saturated heterocycles. The summed E-state index contributed by atoms with van der Waals surface area (Å²) < 4.78 is 11.3. The minimum atomic E-state index is 0.416. The third-order valence-corrected chi connectivity index (χ3v) is 5.48. The van der Waals surface area contributed by atoms with Gasteiger partial charge in [-0.2, -0.15) is 4.98 Å². The van der Waals surface area contributed by atoms with Crippen LogP contribution < -0.4 is 5.32 Å². The molecule has 4 rings (SSSR count). The van der Waals surface area contributed by atoms with Gasteiger partial charge in [0.15, 0.2) is 5.96 Å². The first-order valence-corrected chi connectivity index (χ1v) is 10.7. The first-order chi connectivity index (χ1) is 15.2. The van der Waals surface area contributed by atoms with Crippen molar-refractivity contribution in [2.45, 2.75) is 19.6 Å². The minimum absolute atomic E-state index is 0.416. The molecule has 1 unspecified atom stereocenters. The Kier molecular flexibility index (Phi) is 7.17. The molecule has 1 aliphatic heterocycles. The number of hydrogen-bond acceptors (Lipinski definition) is 5. The second-order valence-electron chi connectivity index (χ2n) is 7.52. The zero-order valence-electron chi connectivity index (χ0n) is 17.5. The van der Waals surface area contributed by atoms with Crippen LogP contribution in [0.5, 0.6) is 0 Å². The van der Waals surface area contributed by atoms with Crippen molar-refractivity contribution in [2.24, 2.45) is 10.9 Å². The van der Waals surface area contributed by atoms with Crippen LogP contribution in [-0.2, 0) is 17.9 Å². The second-order valence-corrected chi connectivity index (χ2v) is 7.96. The van der Waals surface area contributed by atoms with E-state index in [-0.39, 0.29) is 0 Å². The van der Waals surface area contributed by atoms with Crippen LogP contribution in [0.4, 0.5) is 0 Å². The van der Waals surface area contributed by atoms with Crippen molar-refractivity contribution in [1.29, 1.82) is 0 Å². The van der Waals surface area contributed by atoms with Gasteiger partial charge in [0.05, 0.1) is 19.8 Å². The molecule has 0 radical (unpaired) electrons. The zero-order valence-corrected chi connectivity index (χ0v) is 18.3. The van der Waals surface area contributed by atoms with Crippen molar-refractivity contribution in [3.8, 4) is 11.4 Å². The van der Waals surface area contributed by atoms with Crippen LogP contribution in [0.1, 0.15) is 17.9 Å². The number of hydrogen-bond donors (Lipinski definition) is 1. The van der Waals surface area contributed by atoms with Gasteiger partial charge < -0.3 is 19.5 Å². The quantitative estimate of drug-likeness (QED) is 0.443. The maximum Gasteiger partial charge on any atom is 0.246 e. The van der Waals surface area contributed by atoms with Crippen LogP contribution in [0.15, 0.2) is 64.1 Å². The minimum Gasteiger partial charge on any atom is -0.376 e. The maximum absolute atomic E-state index is 5.93. The lowest BCUT2D eigenvalue weighted by atomic mass is 10.1. The smallest absolute Gasteiger partial charge is 0.246 e. The lowest BCUT2D eigenvalue weighted by Gasteiger charge is -2.21. The van der Waals surface area contributed by atoms with Crippen molar-refractivity contribution < 1.29 is 9.26 Å². The van der Waals surface area contributed by atoms with Gasteiger partial charge in [-0.25, -0.2) is 0 Å². The lowest BCUT2D eigenvalue weighted by Crippen LogP contribution is -2.39. The van der Waals surface area contributed by atoms with Crippen molar-refractivity contribution in [3.63, 3.8) is 0 Å². The summed E-state index contributed by atoms with van der Waals surface area (Å²) in [5, 5.41) is 8.04. The second kappa shape index (κ2) is 10.4. The maximum atomic E-state index is 5.93. The number of aromatic nitrogens is 2. The van der Waals surface area contributed by atoms with Crippen molar-refractivity contribution in [1.82, 2.24) is 20.4 Å². The summed E-state index contributed by atoms with van der Waals surface area (Å²) in [6.45, 7) is 3.67. The Bertz CT molecular complexity index is 991. The lowest BCUT2D eigenvalue weighted by molar-refractivity contribution is 0.0906.